The van der Waals surface area contributed by atoms with Crippen molar-refractivity contribution in [3.05, 3.63) is 50.6 Å². The number of fused-ring (bicyclic) bond motifs is 1. The Morgan fingerprint density at radius 1 is 1.43 bits per heavy atom. The van der Waals surface area contributed by atoms with E-state index in [1.54, 1.807) is 25.3 Å². The lowest BCUT2D eigenvalue weighted by molar-refractivity contribution is 0.280. The van der Waals surface area contributed by atoms with Crippen LogP contribution in [0.25, 0.3) is 10.2 Å². The summed E-state index contributed by atoms with van der Waals surface area (Å²) < 4.78 is 1.17. The highest BCUT2D eigenvalue weighted by atomic mass is 32.1. The van der Waals surface area contributed by atoms with Gasteiger partial charge in [0.2, 0.25) is 0 Å². The molecular formula is C15H14N4O3S. The Balaban J connectivity index is 2.15. The van der Waals surface area contributed by atoms with E-state index in [0.29, 0.717) is 32.9 Å². The maximum Gasteiger partial charge on any atom is 0.282 e. The van der Waals surface area contributed by atoms with Crippen LogP contribution in [0.15, 0.2) is 27.5 Å². The minimum atomic E-state index is -0.294. The Hall–Kier alpha value is -2.58. The number of hydrogen-bond donors (Lipinski definition) is 2. The maximum absolute atomic E-state index is 12.4. The molecule has 0 aliphatic heterocycles. The molecule has 3 heterocycles. The van der Waals surface area contributed by atoms with Crippen LogP contribution in [0.2, 0.25) is 0 Å². The molecule has 8 heteroatoms. The molecule has 0 aliphatic rings. The zero-order valence-corrected chi connectivity index (χ0v) is 13.3. The van der Waals surface area contributed by atoms with Gasteiger partial charge in [0, 0.05) is 17.3 Å². The number of aliphatic hydroxyl groups is 1. The van der Waals surface area contributed by atoms with Crippen molar-refractivity contribution in [3.63, 3.8) is 0 Å². The quantitative estimate of drug-likeness (QED) is 0.710. The first kappa shape index (κ1) is 15.3. The summed E-state index contributed by atoms with van der Waals surface area (Å²) in [6, 6.07) is 1.70. The van der Waals surface area contributed by atoms with E-state index in [4.69, 9.17) is 0 Å². The monoisotopic (exact) mass is 330 g/mol. The van der Waals surface area contributed by atoms with E-state index in [2.05, 4.69) is 15.1 Å². The van der Waals surface area contributed by atoms with Crippen LogP contribution in [-0.4, -0.2) is 31.1 Å². The van der Waals surface area contributed by atoms with Gasteiger partial charge in [0.1, 0.15) is 16.4 Å². The first-order valence-corrected chi connectivity index (χ1v) is 7.70. The summed E-state index contributed by atoms with van der Waals surface area (Å²) >= 11 is 1.39. The van der Waals surface area contributed by atoms with Crippen molar-refractivity contribution in [1.29, 1.82) is 0 Å². The molecule has 23 heavy (non-hydrogen) atoms. The lowest BCUT2D eigenvalue weighted by Gasteiger charge is -2.08. The molecule has 7 nitrogen and oxygen atoms in total. The summed E-state index contributed by atoms with van der Waals surface area (Å²) in [4.78, 5) is 21.4. The van der Waals surface area contributed by atoms with Crippen molar-refractivity contribution in [2.75, 3.05) is 0 Å². The van der Waals surface area contributed by atoms with Crippen molar-refractivity contribution >= 4 is 27.8 Å². The summed E-state index contributed by atoms with van der Waals surface area (Å²) in [7, 11) is 0. The van der Waals surface area contributed by atoms with E-state index in [1.807, 2.05) is 0 Å². The van der Waals surface area contributed by atoms with Crippen molar-refractivity contribution in [3.8, 4) is 5.75 Å². The molecule has 0 radical (unpaired) electrons. The van der Waals surface area contributed by atoms with Gasteiger partial charge in [-0.1, -0.05) is 0 Å². The lowest BCUT2D eigenvalue weighted by atomic mass is 10.1. The second-order valence-electron chi connectivity index (χ2n) is 4.95. The molecule has 0 aromatic carbocycles. The molecule has 3 rings (SSSR count). The predicted molar refractivity (Wildman–Crippen MR) is 88.2 cm³/mol. The maximum atomic E-state index is 12.4. The summed E-state index contributed by atoms with van der Waals surface area (Å²) in [5, 5.41) is 25.9. The Bertz CT molecular complexity index is 975. The number of hydrogen-bond acceptors (Lipinski definition) is 7. The van der Waals surface area contributed by atoms with Gasteiger partial charge in [-0.25, -0.2) is 4.98 Å². The number of aromatic nitrogens is 3. The van der Waals surface area contributed by atoms with E-state index < -0.39 is 0 Å². The van der Waals surface area contributed by atoms with Gasteiger partial charge >= 0.3 is 0 Å². The van der Waals surface area contributed by atoms with Crippen molar-refractivity contribution in [2.24, 2.45) is 5.10 Å². The highest BCUT2D eigenvalue weighted by Gasteiger charge is 2.11. The van der Waals surface area contributed by atoms with Crippen LogP contribution < -0.4 is 5.56 Å². The largest absolute Gasteiger partial charge is 0.505 e. The first-order chi connectivity index (χ1) is 11.0. The zero-order chi connectivity index (χ0) is 16.6. The number of aromatic hydroxyl groups is 1. The molecule has 0 bridgehead atoms. The van der Waals surface area contributed by atoms with Gasteiger partial charge in [0.15, 0.2) is 0 Å². The highest BCUT2D eigenvalue weighted by molar-refractivity contribution is 7.16. The van der Waals surface area contributed by atoms with Crippen LogP contribution in [0, 0.1) is 13.8 Å². The fraction of sp³-hybridized carbons (Fsp3) is 0.200. The standard InChI is InChI=1S/C15H14N4O3S/c1-8-13(21)12(10(7-20)5-16-8)6-17-19-9(2)18-14-11(15(19)22)3-4-23-14/h3-6,20-21H,7H2,1-2H3/b17-6+. The average Bonchev–Trinajstić information content (AvgIpc) is 2.99. The Labute approximate surface area is 135 Å². The second-order valence-corrected chi connectivity index (χ2v) is 5.84. The van der Waals surface area contributed by atoms with Crippen LogP contribution in [0.1, 0.15) is 22.6 Å². The van der Waals surface area contributed by atoms with Gasteiger partial charge in [-0.3, -0.25) is 9.78 Å². The van der Waals surface area contributed by atoms with Crippen molar-refractivity contribution in [2.45, 2.75) is 20.5 Å². The fourth-order valence-corrected chi connectivity index (χ4v) is 2.98. The number of aliphatic hydroxyl groups excluding tert-OH is 1. The topological polar surface area (TPSA) is 101 Å². The summed E-state index contributed by atoms with van der Waals surface area (Å²) in [5.41, 5.74) is 0.892. The molecule has 118 valence electrons. The van der Waals surface area contributed by atoms with Crippen LogP contribution in [-0.2, 0) is 6.61 Å². The number of nitrogens with zero attached hydrogens (tertiary/aromatic N) is 4. The van der Waals surface area contributed by atoms with Crippen LogP contribution in [0.3, 0.4) is 0 Å². The first-order valence-electron chi connectivity index (χ1n) is 6.82. The van der Waals surface area contributed by atoms with E-state index in [1.165, 1.54) is 28.4 Å². The van der Waals surface area contributed by atoms with Gasteiger partial charge in [-0.05, 0) is 25.3 Å². The van der Waals surface area contributed by atoms with Crippen molar-refractivity contribution in [1.82, 2.24) is 14.6 Å². The minimum Gasteiger partial charge on any atom is -0.505 e. The number of rotatable bonds is 3. The fourth-order valence-electron chi connectivity index (χ4n) is 2.18. The molecule has 0 aliphatic carbocycles. The van der Waals surface area contributed by atoms with Gasteiger partial charge < -0.3 is 10.2 Å². The average molecular weight is 330 g/mol. The Morgan fingerprint density at radius 3 is 2.96 bits per heavy atom. The third-order valence-corrected chi connectivity index (χ3v) is 4.27. The van der Waals surface area contributed by atoms with E-state index in [9.17, 15) is 15.0 Å². The lowest BCUT2D eigenvalue weighted by Crippen LogP contribution is -2.20. The molecule has 0 unspecified atom stereocenters. The Morgan fingerprint density at radius 2 is 2.22 bits per heavy atom. The predicted octanol–water partition coefficient (Wildman–Crippen LogP) is 1.55. The summed E-state index contributed by atoms with van der Waals surface area (Å²) in [6.45, 7) is 3.03. The molecule has 2 N–H and O–H groups in total. The normalized spacial score (nSPS) is 11.6. The van der Waals surface area contributed by atoms with Gasteiger partial charge in [0.05, 0.1) is 23.9 Å². The number of pyridine rings is 1. The van der Waals surface area contributed by atoms with Gasteiger partial charge in [-0.2, -0.15) is 9.78 Å². The van der Waals surface area contributed by atoms with Gasteiger partial charge in [-0.15, -0.1) is 11.3 Å². The van der Waals surface area contributed by atoms with E-state index in [-0.39, 0.29) is 17.9 Å². The Kier molecular flexibility index (Phi) is 3.93. The molecule has 3 aromatic rings. The minimum absolute atomic E-state index is 0.0735. The van der Waals surface area contributed by atoms with Crippen molar-refractivity contribution < 1.29 is 10.2 Å². The molecule has 0 saturated carbocycles. The number of thiophene rings is 1. The van der Waals surface area contributed by atoms with Gasteiger partial charge in [0.25, 0.3) is 5.56 Å². The SMILES string of the molecule is Cc1ncc(CO)c(/C=N/n2c(C)nc3sccc3c2=O)c1O. The van der Waals surface area contributed by atoms with Crippen LogP contribution in [0.4, 0.5) is 0 Å². The second kappa shape index (κ2) is 5.90. The molecule has 0 spiro atoms. The number of aryl methyl sites for hydroxylation is 2. The van der Waals surface area contributed by atoms with E-state index >= 15 is 0 Å². The third-order valence-electron chi connectivity index (χ3n) is 3.47. The third kappa shape index (κ3) is 2.62. The molecule has 3 aromatic heterocycles. The smallest absolute Gasteiger partial charge is 0.282 e. The summed E-state index contributed by atoms with van der Waals surface area (Å²) in [5.74, 6) is 0.368. The molecule has 0 amide bonds. The van der Waals surface area contributed by atoms with E-state index in [0.717, 1.165) is 0 Å². The zero-order valence-electron chi connectivity index (χ0n) is 12.5. The summed E-state index contributed by atoms with van der Waals surface area (Å²) in [6.07, 6.45) is 2.80. The van der Waals surface area contributed by atoms with Crippen LogP contribution in [0.5, 0.6) is 5.75 Å². The molecule has 0 fully saturated rings. The molecule has 0 saturated heterocycles. The molecule has 0 atom stereocenters. The van der Waals surface area contributed by atoms with Crippen LogP contribution >= 0.6 is 11.3 Å². The molecular weight excluding hydrogens is 316 g/mol. The highest BCUT2D eigenvalue weighted by Crippen LogP contribution is 2.22.